The Morgan fingerprint density at radius 1 is 0.952 bits per heavy atom. The van der Waals surface area contributed by atoms with Crippen LogP contribution in [-0.2, 0) is 14.4 Å². The molecule has 6 N–H and O–H groups in total. The fraction of sp³-hybridized carbons (Fsp3) is 0.308. The van der Waals surface area contributed by atoms with Crippen LogP contribution in [0.3, 0.4) is 0 Å². The van der Waals surface area contributed by atoms with Gasteiger partial charge in [0.05, 0.1) is 0 Å². The first-order chi connectivity index (χ1) is 9.81. The molecule has 118 valence electrons. The first-order valence-corrected chi connectivity index (χ1v) is 5.87. The minimum atomic E-state index is -1.80. The summed E-state index contributed by atoms with van der Waals surface area (Å²) in [6.07, 6.45) is 0.276. The van der Waals surface area contributed by atoms with E-state index in [0.717, 1.165) is 6.08 Å². The number of amides is 3. The van der Waals surface area contributed by atoms with E-state index in [1.54, 1.807) is 0 Å². The number of carbonyl (C=O) groups is 3. The average Bonchev–Trinajstić information content (AvgIpc) is 2.48. The molecule has 0 aromatic heterocycles. The molecule has 0 bridgehead atoms. The van der Waals surface area contributed by atoms with Crippen molar-refractivity contribution in [3.8, 4) is 0 Å². The van der Waals surface area contributed by atoms with E-state index in [2.05, 4.69) is 36.1 Å². The van der Waals surface area contributed by atoms with Crippen LogP contribution in [0.2, 0.25) is 0 Å². The number of nitrogens with one attached hydrogen (secondary N) is 2. The van der Waals surface area contributed by atoms with E-state index in [4.69, 9.17) is 0 Å². The largest absolute Gasteiger partial charge is 0.380 e. The molecule has 0 saturated carbocycles. The third-order valence-electron chi connectivity index (χ3n) is 1.88. The van der Waals surface area contributed by atoms with Crippen LogP contribution in [0.5, 0.6) is 0 Å². The van der Waals surface area contributed by atoms with Crippen molar-refractivity contribution in [1.82, 2.24) is 10.6 Å². The number of hydrogen-bond acceptors (Lipinski definition) is 5. The summed E-state index contributed by atoms with van der Waals surface area (Å²) >= 11 is 0. The summed E-state index contributed by atoms with van der Waals surface area (Å²) in [4.78, 5) is 31.8. The van der Waals surface area contributed by atoms with Crippen LogP contribution >= 0.6 is 0 Å². The smallest absolute Gasteiger partial charge is 0.252 e. The van der Waals surface area contributed by atoms with Crippen LogP contribution in [-0.4, -0.2) is 53.2 Å². The van der Waals surface area contributed by atoms with Gasteiger partial charge in [0, 0.05) is 13.1 Å². The molecule has 0 spiro atoms. The van der Waals surface area contributed by atoms with Crippen LogP contribution in [0.4, 0.5) is 0 Å². The van der Waals surface area contributed by atoms with Gasteiger partial charge in [-0.2, -0.15) is 0 Å². The minimum absolute atomic E-state index is 0.150. The zero-order valence-corrected chi connectivity index (χ0v) is 11.6. The van der Waals surface area contributed by atoms with E-state index >= 15 is 0 Å². The quantitative estimate of drug-likeness (QED) is 0.259. The minimum Gasteiger partial charge on any atom is -0.380 e. The summed E-state index contributed by atoms with van der Waals surface area (Å²) in [5.74, 6) is -2.15. The van der Waals surface area contributed by atoms with Crippen molar-refractivity contribution in [1.29, 1.82) is 0 Å². The van der Waals surface area contributed by atoms with Crippen molar-refractivity contribution < 1.29 is 24.6 Å². The van der Waals surface area contributed by atoms with Crippen LogP contribution in [0.15, 0.2) is 38.0 Å². The van der Waals surface area contributed by atoms with Gasteiger partial charge in [0.15, 0.2) is 12.2 Å². The second-order valence-electron chi connectivity index (χ2n) is 3.56. The van der Waals surface area contributed by atoms with E-state index in [1.807, 2.05) is 0 Å². The van der Waals surface area contributed by atoms with Crippen LogP contribution < -0.4 is 16.4 Å². The van der Waals surface area contributed by atoms with Crippen LogP contribution in [0.25, 0.3) is 0 Å². The van der Waals surface area contributed by atoms with E-state index < -0.39 is 29.9 Å². The lowest BCUT2D eigenvalue weighted by molar-refractivity contribution is -0.145. The fourth-order valence-electron chi connectivity index (χ4n) is 0.841. The molecule has 2 atom stereocenters. The van der Waals surface area contributed by atoms with E-state index in [1.165, 1.54) is 12.2 Å². The molecular formula is C13H21N3O5. The standard InChI is InChI=1S/C10H16N2O4.C3H5NO/c1-3-5-11-9(15)7(13)8(14)10(16)12-6-4-2;1-2-3(4)5/h3-4,7-8,13-14H,1-2,5-6H2,(H,11,15)(H,12,16);2H,1H2,(H2,4,5). The normalized spacial score (nSPS) is 11.7. The first kappa shape index (κ1) is 20.9. The molecule has 0 aliphatic carbocycles. The van der Waals surface area contributed by atoms with Crippen molar-refractivity contribution in [2.45, 2.75) is 12.2 Å². The maximum absolute atomic E-state index is 11.2. The Labute approximate surface area is 123 Å². The maximum Gasteiger partial charge on any atom is 0.252 e. The number of aliphatic hydroxyl groups excluding tert-OH is 2. The lowest BCUT2D eigenvalue weighted by atomic mass is 10.2. The predicted molar refractivity (Wildman–Crippen MR) is 77.8 cm³/mol. The molecule has 0 saturated heterocycles. The van der Waals surface area contributed by atoms with Crippen molar-refractivity contribution >= 4 is 17.7 Å². The highest BCUT2D eigenvalue weighted by atomic mass is 16.3. The monoisotopic (exact) mass is 299 g/mol. The Kier molecular flexibility index (Phi) is 12.5. The summed E-state index contributed by atoms with van der Waals surface area (Å²) in [5.41, 5.74) is 4.53. The SMILES string of the molecule is C=CC(N)=O.C=CCNC(=O)C(O)C(O)C(=O)NCC=C. The second-order valence-corrected chi connectivity index (χ2v) is 3.56. The highest BCUT2D eigenvalue weighted by molar-refractivity contribution is 5.90. The Bertz CT molecular complexity index is 367. The molecule has 0 aliphatic rings. The number of hydrogen-bond donors (Lipinski definition) is 5. The van der Waals surface area contributed by atoms with Gasteiger partial charge in [-0.05, 0) is 6.08 Å². The number of nitrogens with two attached hydrogens (primary N) is 1. The van der Waals surface area contributed by atoms with Gasteiger partial charge >= 0.3 is 0 Å². The van der Waals surface area contributed by atoms with E-state index in [0.29, 0.717) is 0 Å². The molecule has 0 aromatic carbocycles. The van der Waals surface area contributed by atoms with Crippen LogP contribution in [0.1, 0.15) is 0 Å². The molecule has 8 nitrogen and oxygen atoms in total. The van der Waals surface area contributed by atoms with Gasteiger partial charge in [0.1, 0.15) is 0 Å². The Balaban J connectivity index is 0. The van der Waals surface area contributed by atoms with Gasteiger partial charge in [0.25, 0.3) is 11.8 Å². The second kappa shape index (κ2) is 12.6. The Morgan fingerprint density at radius 2 is 1.24 bits per heavy atom. The van der Waals surface area contributed by atoms with Crippen molar-refractivity contribution in [3.63, 3.8) is 0 Å². The maximum atomic E-state index is 11.2. The molecular weight excluding hydrogens is 278 g/mol. The lowest BCUT2D eigenvalue weighted by Gasteiger charge is -2.16. The van der Waals surface area contributed by atoms with Crippen molar-refractivity contribution in [2.24, 2.45) is 5.73 Å². The van der Waals surface area contributed by atoms with Gasteiger partial charge in [-0.1, -0.05) is 18.7 Å². The molecule has 0 heterocycles. The van der Waals surface area contributed by atoms with Gasteiger partial charge < -0.3 is 26.6 Å². The average molecular weight is 299 g/mol. The molecule has 0 fully saturated rings. The summed E-state index contributed by atoms with van der Waals surface area (Å²) in [6, 6.07) is 0. The fourth-order valence-corrected chi connectivity index (χ4v) is 0.841. The Morgan fingerprint density at radius 3 is 1.43 bits per heavy atom. The molecule has 0 rings (SSSR count). The molecule has 3 amide bonds. The Hall–Kier alpha value is -2.45. The molecule has 0 aliphatic heterocycles. The summed E-state index contributed by atoms with van der Waals surface area (Å²) in [5, 5.41) is 23.1. The zero-order valence-electron chi connectivity index (χ0n) is 11.6. The van der Waals surface area contributed by atoms with Crippen molar-refractivity contribution in [2.75, 3.05) is 13.1 Å². The van der Waals surface area contributed by atoms with Gasteiger partial charge in [0.2, 0.25) is 5.91 Å². The summed E-state index contributed by atoms with van der Waals surface area (Å²) in [7, 11) is 0. The molecule has 21 heavy (non-hydrogen) atoms. The molecule has 0 radical (unpaired) electrons. The van der Waals surface area contributed by atoms with E-state index in [-0.39, 0.29) is 13.1 Å². The molecule has 8 heteroatoms. The number of primary amides is 1. The number of aliphatic hydroxyl groups is 2. The molecule has 0 aromatic rings. The van der Waals surface area contributed by atoms with Crippen LogP contribution in [0, 0.1) is 0 Å². The highest BCUT2D eigenvalue weighted by Gasteiger charge is 2.29. The zero-order chi connectivity index (χ0) is 16.8. The first-order valence-electron chi connectivity index (χ1n) is 5.87. The third-order valence-corrected chi connectivity index (χ3v) is 1.88. The number of rotatable bonds is 8. The van der Waals surface area contributed by atoms with Gasteiger partial charge in [-0.3, -0.25) is 14.4 Å². The molecule has 2 unspecified atom stereocenters. The van der Waals surface area contributed by atoms with Crippen molar-refractivity contribution in [3.05, 3.63) is 38.0 Å². The highest BCUT2D eigenvalue weighted by Crippen LogP contribution is 1.94. The number of carbonyl (C=O) groups excluding carboxylic acids is 3. The van der Waals surface area contributed by atoms with Gasteiger partial charge in [-0.15, -0.1) is 13.2 Å². The van der Waals surface area contributed by atoms with E-state index in [9.17, 15) is 24.6 Å². The topological polar surface area (TPSA) is 142 Å². The summed E-state index contributed by atoms with van der Waals surface area (Å²) < 4.78 is 0. The lowest BCUT2D eigenvalue weighted by Crippen LogP contribution is -2.49. The third kappa shape index (κ3) is 11.1. The summed E-state index contributed by atoms with van der Waals surface area (Å²) in [6.45, 7) is 10.1. The predicted octanol–water partition coefficient (Wildman–Crippen LogP) is -2.03. The van der Waals surface area contributed by atoms with Gasteiger partial charge in [-0.25, -0.2) is 0 Å².